The van der Waals surface area contributed by atoms with Gasteiger partial charge in [-0.25, -0.2) is 13.4 Å². The Hall–Kier alpha value is -2.69. The van der Waals surface area contributed by atoms with Gasteiger partial charge < -0.3 is 0 Å². The fourth-order valence-corrected chi connectivity index (χ4v) is 3.92. The third-order valence-electron chi connectivity index (χ3n) is 3.09. The zero-order chi connectivity index (χ0) is 16.3. The standard InChI is InChI=1S/C16H11N3O2S2/c17-10-12-6-8-14(9-7-12)23(20,21)19-16-18-15(11-22-16)13-4-2-1-3-5-13/h1-9,11H,(H,18,19). The van der Waals surface area contributed by atoms with Crippen molar-refractivity contribution in [3.8, 4) is 17.3 Å². The van der Waals surface area contributed by atoms with Crippen molar-refractivity contribution >= 4 is 26.5 Å². The normalized spacial score (nSPS) is 10.9. The first-order valence-corrected chi connectivity index (χ1v) is 8.99. The maximum atomic E-state index is 12.3. The highest BCUT2D eigenvalue weighted by molar-refractivity contribution is 7.93. The zero-order valence-electron chi connectivity index (χ0n) is 11.8. The summed E-state index contributed by atoms with van der Waals surface area (Å²) in [6.07, 6.45) is 0. The number of aromatic nitrogens is 1. The van der Waals surface area contributed by atoms with Crippen molar-refractivity contribution in [1.29, 1.82) is 5.26 Å². The lowest BCUT2D eigenvalue weighted by atomic mass is 10.2. The van der Waals surface area contributed by atoms with Crippen LogP contribution in [0, 0.1) is 11.3 Å². The summed E-state index contributed by atoms with van der Waals surface area (Å²) in [4.78, 5) is 4.39. The molecule has 114 valence electrons. The molecule has 1 aromatic heterocycles. The van der Waals surface area contributed by atoms with Gasteiger partial charge in [-0.15, -0.1) is 11.3 Å². The average molecular weight is 341 g/mol. The van der Waals surface area contributed by atoms with Crippen LogP contribution in [0.4, 0.5) is 5.13 Å². The van der Waals surface area contributed by atoms with Gasteiger partial charge in [0.05, 0.1) is 22.2 Å². The second kappa shape index (κ2) is 6.20. The Labute approximate surface area is 137 Å². The van der Waals surface area contributed by atoms with Gasteiger partial charge in [0.2, 0.25) is 0 Å². The number of nitrogens with one attached hydrogen (secondary N) is 1. The van der Waals surface area contributed by atoms with E-state index >= 15 is 0 Å². The summed E-state index contributed by atoms with van der Waals surface area (Å²) in [5.41, 5.74) is 2.05. The molecule has 3 rings (SSSR count). The van der Waals surface area contributed by atoms with Crippen molar-refractivity contribution in [2.24, 2.45) is 0 Å². The molecule has 7 heteroatoms. The average Bonchev–Trinajstić information content (AvgIpc) is 3.03. The largest absolute Gasteiger partial charge is 0.263 e. The van der Waals surface area contributed by atoms with Crippen LogP contribution in [0.1, 0.15) is 5.56 Å². The molecule has 1 heterocycles. The van der Waals surface area contributed by atoms with Gasteiger partial charge in [0, 0.05) is 10.9 Å². The first kappa shape index (κ1) is 15.2. The van der Waals surface area contributed by atoms with Gasteiger partial charge in [-0.1, -0.05) is 30.3 Å². The minimum atomic E-state index is -3.72. The molecular weight excluding hydrogens is 330 g/mol. The first-order valence-electron chi connectivity index (χ1n) is 6.62. The minimum absolute atomic E-state index is 0.0907. The molecule has 0 aliphatic carbocycles. The molecule has 0 spiro atoms. The van der Waals surface area contributed by atoms with Gasteiger partial charge >= 0.3 is 0 Å². The van der Waals surface area contributed by atoms with Crippen LogP contribution in [0.2, 0.25) is 0 Å². The molecule has 0 amide bonds. The van der Waals surface area contributed by atoms with Crippen LogP contribution in [0.15, 0.2) is 64.9 Å². The SMILES string of the molecule is N#Cc1ccc(S(=O)(=O)Nc2nc(-c3ccccc3)cs2)cc1. The highest BCUT2D eigenvalue weighted by Crippen LogP contribution is 2.26. The van der Waals surface area contributed by atoms with E-state index < -0.39 is 10.0 Å². The van der Waals surface area contributed by atoms with Gasteiger partial charge in [0.15, 0.2) is 5.13 Å². The monoisotopic (exact) mass is 341 g/mol. The molecule has 0 bridgehead atoms. The summed E-state index contributed by atoms with van der Waals surface area (Å²) in [7, 11) is -3.72. The third-order valence-corrected chi connectivity index (χ3v) is 5.33. The van der Waals surface area contributed by atoms with Gasteiger partial charge in [0.25, 0.3) is 10.0 Å². The van der Waals surface area contributed by atoms with E-state index in [1.807, 2.05) is 36.4 Å². The number of rotatable bonds is 4. The summed E-state index contributed by atoms with van der Waals surface area (Å²) >= 11 is 1.22. The number of sulfonamides is 1. The second-order valence-corrected chi connectivity index (χ2v) is 7.19. The Kier molecular flexibility index (Phi) is 4.10. The number of benzene rings is 2. The van der Waals surface area contributed by atoms with Gasteiger partial charge in [0.1, 0.15) is 0 Å². The summed E-state index contributed by atoms with van der Waals surface area (Å²) in [5, 5.41) is 10.9. The van der Waals surface area contributed by atoms with Gasteiger partial charge in [-0.05, 0) is 24.3 Å². The lowest BCUT2D eigenvalue weighted by Crippen LogP contribution is -2.12. The lowest BCUT2D eigenvalue weighted by molar-refractivity contribution is 0.601. The number of nitriles is 1. The Balaban J connectivity index is 1.84. The molecule has 0 aliphatic heterocycles. The smallest absolute Gasteiger partial charge is 0.255 e. The summed E-state index contributed by atoms with van der Waals surface area (Å²) < 4.78 is 27.1. The van der Waals surface area contributed by atoms with E-state index in [0.717, 1.165) is 5.56 Å². The predicted octanol–water partition coefficient (Wildman–Crippen LogP) is 3.48. The first-order chi connectivity index (χ1) is 11.1. The maximum absolute atomic E-state index is 12.3. The summed E-state index contributed by atoms with van der Waals surface area (Å²) in [5.74, 6) is 0. The Morgan fingerprint density at radius 3 is 2.39 bits per heavy atom. The third kappa shape index (κ3) is 3.39. The van der Waals surface area contributed by atoms with E-state index in [-0.39, 0.29) is 4.90 Å². The van der Waals surface area contributed by atoms with Crippen LogP contribution < -0.4 is 4.72 Å². The molecule has 1 N–H and O–H groups in total. The molecule has 0 fully saturated rings. The summed E-state index contributed by atoms with van der Waals surface area (Å²) in [6, 6.07) is 17.2. The van der Waals surface area contributed by atoms with Crippen molar-refractivity contribution in [3.05, 3.63) is 65.5 Å². The van der Waals surface area contributed by atoms with Crippen LogP contribution in [0.3, 0.4) is 0 Å². The fraction of sp³-hybridized carbons (Fsp3) is 0. The van der Waals surface area contributed by atoms with Crippen molar-refractivity contribution in [2.45, 2.75) is 4.90 Å². The molecule has 0 saturated carbocycles. The van der Waals surface area contributed by atoms with Crippen molar-refractivity contribution in [2.75, 3.05) is 4.72 Å². The molecule has 0 unspecified atom stereocenters. The molecule has 2 aromatic carbocycles. The van der Waals surface area contributed by atoms with Gasteiger partial charge in [-0.3, -0.25) is 4.72 Å². The van der Waals surface area contributed by atoms with Crippen molar-refractivity contribution in [3.63, 3.8) is 0 Å². The Morgan fingerprint density at radius 1 is 1.04 bits per heavy atom. The molecule has 3 aromatic rings. The molecule has 0 saturated heterocycles. The van der Waals surface area contributed by atoms with E-state index in [4.69, 9.17) is 5.26 Å². The van der Waals surface area contributed by atoms with E-state index in [0.29, 0.717) is 16.4 Å². The van der Waals surface area contributed by atoms with E-state index in [9.17, 15) is 8.42 Å². The number of anilines is 1. The van der Waals surface area contributed by atoms with Crippen LogP contribution in [0.25, 0.3) is 11.3 Å². The minimum Gasteiger partial charge on any atom is -0.255 e. The van der Waals surface area contributed by atoms with Crippen LogP contribution in [-0.2, 0) is 10.0 Å². The second-order valence-electron chi connectivity index (χ2n) is 4.65. The topological polar surface area (TPSA) is 82.8 Å². The van der Waals surface area contributed by atoms with Crippen molar-refractivity contribution < 1.29 is 8.42 Å². The van der Waals surface area contributed by atoms with E-state index in [1.54, 1.807) is 5.38 Å². The zero-order valence-corrected chi connectivity index (χ0v) is 13.4. The summed E-state index contributed by atoms with van der Waals surface area (Å²) in [6.45, 7) is 0. The lowest BCUT2D eigenvalue weighted by Gasteiger charge is -2.04. The van der Waals surface area contributed by atoms with E-state index in [1.165, 1.54) is 35.6 Å². The van der Waals surface area contributed by atoms with Crippen LogP contribution >= 0.6 is 11.3 Å². The van der Waals surface area contributed by atoms with Gasteiger partial charge in [-0.2, -0.15) is 5.26 Å². The molecule has 23 heavy (non-hydrogen) atoms. The Morgan fingerprint density at radius 2 is 1.74 bits per heavy atom. The highest BCUT2D eigenvalue weighted by Gasteiger charge is 2.16. The number of hydrogen-bond acceptors (Lipinski definition) is 5. The number of nitrogens with zero attached hydrogens (tertiary/aromatic N) is 2. The van der Waals surface area contributed by atoms with E-state index in [2.05, 4.69) is 9.71 Å². The number of hydrogen-bond donors (Lipinski definition) is 1. The number of thiazole rings is 1. The Bertz CT molecular complexity index is 957. The maximum Gasteiger partial charge on any atom is 0.263 e. The molecule has 0 atom stereocenters. The van der Waals surface area contributed by atoms with Crippen LogP contribution in [-0.4, -0.2) is 13.4 Å². The predicted molar refractivity (Wildman–Crippen MR) is 89.5 cm³/mol. The van der Waals surface area contributed by atoms with Crippen LogP contribution in [0.5, 0.6) is 0 Å². The molecule has 0 radical (unpaired) electrons. The fourth-order valence-electron chi connectivity index (χ4n) is 1.94. The highest BCUT2D eigenvalue weighted by atomic mass is 32.2. The van der Waals surface area contributed by atoms with Crippen molar-refractivity contribution in [1.82, 2.24) is 4.98 Å². The molecule has 0 aliphatic rings. The molecular formula is C16H11N3O2S2. The quantitative estimate of drug-likeness (QED) is 0.787. The molecule has 5 nitrogen and oxygen atoms in total.